The Kier molecular flexibility index (Phi) is 12.5. The van der Waals surface area contributed by atoms with E-state index in [2.05, 4.69) is 17.2 Å². The molecule has 1 aromatic heterocycles. The zero-order valence-corrected chi connectivity index (χ0v) is 21.5. The highest BCUT2D eigenvalue weighted by atomic mass is 32.2. The largest absolute Gasteiger partial charge is 0.458 e. The maximum Gasteiger partial charge on any atom is 0.358 e. The van der Waals surface area contributed by atoms with E-state index in [0.717, 1.165) is 66.3 Å². The van der Waals surface area contributed by atoms with Crippen LogP contribution >= 0.6 is 23.1 Å². The number of amides is 1. The molecule has 2 rings (SSSR count). The molecule has 1 unspecified atom stereocenters. The number of aliphatic hydroxyl groups excluding tert-OH is 1. The summed E-state index contributed by atoms with van der Waals surface area (Å²) < 4.78 is 6.02. The van der Waals surface area contributed by atoms with Gasteiger partial charge in [0.25, 0.3) is 0 Å². The molecule has 1 atom stereocenters. The molecule has 0 fully saturated rings. The van der Waals surface area contributed by atoms with Crippen LogP contribution in [0, 0.1) is 0 Å². The number of aliphatic hydroxyl groups is 1. The molecule has 6 nitrogen and oxygen atoms in total. The van der Waals surface area contributed by atoms with Gasteiger partial charge in [0.2, 0.25) is 5.91 Å². The van der Waals surface area contributed by atoms with Crippen molar-refractivity contribution in [3.63, 3.8) is 0 Å². The third kappa shape index (κ3) is 10.7. The summed E-state index contributed by atoms with van der Waals surface area (Å²) >= 11 is 3.08. The van der Waals surface area contributed by atoms with Crippen LogP contribution in [-0.4, -0.2) is 33.8 Å². The number of esters is 1. The second-order valence-electron chi connectivity index (χ2n) is 8.29. The highest BCUT2D eigenvalue weighted by Gasteiger charge is 2.14. The van der Waals surface area contributed by atoms with Crippen LogP contribution in [0.4, 0.5) is 5.69 Å². The molecule has 2 N–H and O–H groups in total. The number of aromatic nitrogens is 1. The van der Waals surface area contributed by atoms with Crippen LogP contribution in [-0.2, 0) is 9.53 Å². The Morgan fingerprint density at radius 2 is 1.88 bits per heavy atom. The van der Waals surface area contributed by atoms with Crippen molar-refractivity contribution in [2.24, 2.45) is 0 Å². The second-order valence-corrected chi connectivity index (χ2v) is 10.5. The van der Waals surface area contributed by atoms with Gasteiger partial charge in [-0.2, -0.15) is 0 Å². The van der Waals surface area contributed by atoms with E-state index in [-0.39, 0.29) is 18.0 Å². The molecular weight excluding hydrogens is 456 g/mol. The van der Waals surface area contributed by atoms with Gasteiger partial charge in [-0.05, 0) is 50.8 Å². The maximum atomic E-state index is 12.2. The Bertz CT molecular complexity index is 852. The van der Waals surface area contributed by atoms with Crippen molar-refractivity contribution in [3.05, 3.63) is 40.9 Å². The fourth-order valence-corrected chi connectivity index (χ4v) is 5.05. The van der Waals surface area contributed by atoms with Gasteiger partial charge in [0.1, 0.15) is 0 Å². The Morgan fingerprint density at radius 1 is 1.12 bits per heavy atom. The van der Waals surface area contributed by atoms with Gasteiger partial charge >= 0.3 is 5.97 Å². The van der Waals surface area contributed by atoms with Crippen molar-refractivity contribution in [2.45, 2.75) is 88.7 Å². The van der Waals surface area contributed by atoms with Crippen LogP contribution in [0.25, 0.3) is 0 Å². The molecule has 0 spiro atoms. The third-order valence-electron chi connectivity index (χ3n) is 4.97. The molecule has 0 saturated carbocycles. The van der Waals surface area contributed by atoms with E-state index in [0.29, 0.717) is 12.1 Å². The van der Waals surface area contributed by atoms with Gasteiger partial charge in [-0.3, -0.25) is 4.79 Å². The zero-order valence-electron chi connectivity index (χ0n) is 19.8. The summed E-state index contributed by atoms with van der Waals surface area (Å²) in [6, 6.07) is 7.48. The lowest BCUT2D eigenvalue weighted by Gasteiger charge is -2.12. The average Bonchev–Trinajstić information content (AvgIpc) is 3.25. The van der Waals surface area contributed by atoms with E-state index in [4.69, 9.17) is 4.74 Å². The van der Waals surface area contributed by atoms with Crippen LogP contribution < -0.4 is 5.32 Å². The smallest absolute Gasteiger partial charge is 0.358 e. The molecule has 2 aromatic rings. The lowest BCUT2D eigenvalue weighted by atomic mass is 10.0. The number of ether oxygens (including phenoxy) is 1. The summed E-state index contributed by atoms with van der Waals surface area (Å²) in [4.78, 5) is 28.3. The molecule has 182 valence electrons. The number of carbonyl (C=O) groups is 2. The first-order chi connectivity index (χ1) is 15.9. The molecule has 0 aliphatic carbocycles. The highest BCUT2D eigenvalue weighted by molar-refractivity contribution is 8.01. The Balaban J connectivity index is 1.59. The summed E-state index contributed by atoms with van der Waals surface area (Å²) in [5.74, 6) is 0.527. The minimum Gasteiger partial charge on any atom is -0.458 e. The molecule has 0 radical (unpaired) electrons. The maximum absolute atomic E-state index is 12.2. The summed E-state index contributed by atoms with van der Waals surface area (Å²) in [5, 5.41) is 14.9. The van der Waals surface area contributed by atoms with Gasteiger partial charge < -0.3 is 15.2 Å². The molecule has 1 amide bonds. The number of carbonyl (C=O) groups excluding carboxylic acids is 2. The van der Waals surface area contributed by atoms with Crippen molar-refractivity contribution in [2.75, 3.05) is 11.1 Å². The molecule has 1 heterocycles. The quantitative estimate of drug-likeness (QED) is 0.165. The van der Waals surface area contributed by atoms with E-state index < -0.39 is 6.10 Å². The topological polar surface area (TPSA) is 88.5 Å². The highest BCUT2D eigenvalue weighted by Crippen LogP contribution is 2.25. The van der Waals surface area contributed by atoms with Crippen molar-refractivity contribution in [1.82, 2.24) is 4.98 Å². The first-order valence-electron chi connectivity index (χ1n) is 11.8. The molecule has 0 saturated heterocycles. The van der Waals surface area contributed by atoms with Gasteiger partial charge in [-0.1, -0.05) is 56.5 Å². The summed E-state index contributed by atoms with van der Waals surface area (Å²) in [6.07, 6.45) is 6.71. The standard InChI is InChI=1S/C25H36N2O4S2/c1-4-5-7-10-22(28)19-12-14-20(15-13-19)26-23(29)11-8-6-9-16-32-25-27-21(17-33-25)24(30)31-18(2)3/h12-15,17-18,22,28H,4-11,16H2,1-3H3,(H,26,29). The number of rotatable bonds is 15. The SMILES string of the molecule is CCCCCC(O)c1ccc(NC(=O)CCCCCSc2nc(C(=O)OC(C)C)cs2)cc1. The normalized spacial score (nSPS) is 12.0. The first kappa shape index (κ1) is 27.3. The summed E-state index contributed by atoms with van der Waals surface area (Å²) in [7, 11) is 0. The van der Waals surface area contributed by atoms with Crippen LogP contribution in [0.1, 0.15) is 94.3 Å². The van der Waals surface area contributed by atoms with Gasteiger partial charge in [0.15, 0.2) is 10.0 Å². The lowest BCUT2D eigenvalue weighted by Crippen LogP contribution is -2.11. The van der Waals surface area contributed by atoms with Crippen LogP contribution in [0.2, 0.25) is 0 Å². The molecule has 0 bridgehead atoms. The number of nitrogens with zero attached hydrogens (tertiary/aromatic N) is 1. The van der Waals surface area contributed by atoms with Crippen LogP contribution in [0.15, 0.2) is 34.0 Å². The molecule has 0 aliphatic heterocycles. The lowest BCUT2D eigenvalue weighted by molar-refractivity contribution is -0.116. The van der Waals surface area contributed by atoms with Crippen molar-refractivity contribution in [1.29, 1.82) is 0 Å². The molecule has 8 heteroatoms. The van der Waals surface area contributed by atoms with Crippen molar-refractivity contribution >= 4 is 40.7 Å². The zero-order chi connectivity index (χ0) is 24.1. The number of anilines is 1. The van der Waals surface area contributed by atoms with Gasteiger partial charge in [0.05, 0.1) is 12.2 Å². The Labute approximate surface area is 205 Å². The fraction of sp³-hybridized carbons (Fsp3) is 0.560. The summed E-state index contributed by atoms with van der Waals surface area (Å²) in [6.45, 7) is 5.78. The van der Waals surface area contributed by atoms with Gasteiger partial charge in [0, 0.05) is 23.2 Å². The van der Waals surface area contributed by atoms with Crippen molar-refractivity contribution in [3.8, 4) is 0 Å². The molecular formula is C25H36N2O4S2. The minimum atomic E-state index is -0.441. The van der Waals surface area contributed by atoms with E-state index in [9.17, 15) is 14.7 Å². The number of nitrogens with one attached hydrogen (secondary N) is 1. The third-order valence-corrected chi connectivity index (χ3v) is 7.08. The second kappa shape index (κ2) is 15.1. The fourth-order valence-electron chi connectivity index (χ4n) is 3.18. The van der Waals surface area contributed by atoms with E-state index >= 15 is 0 Å². The molecule has 33 heavy (non-hydrogen) atoms. The van der Waals surface area contributed by atoms with Crippen molar-refractivity contribution < 1.29 is 19.4 Å². The predicted molar refractivity (Wildman–Crippen MR) is 136 cm³/mol. The van der Waals surface area contributed by atoms with Gasteiger partial charge in [-0.15, -0.1) is 11.3 Å². The van der Waals surface area contributed by atoms with E-state index in [1.54, 1.807) is 17.1 Å². The van der Waals surface area contributed by atoms with Gasteiger partial charge in [-0.25, -0.2) is 9.78 Å². The average molecular weight is 493 g/mol. The Hall–Kier alpha value is -1.90. The number of hydrogen-bond donors (Lipinski definition) is 2. The van der Waals surface area contributed by atoms with E-state index in [1.165, 1.54) is 11.3 Å². The summed E-state index contributed by atoms with van der Waals surface area (Å²) in [5.41, 5.74) is 2.02. The minimum absolute atomic E-state index is 0.00660. The molecule has 0 aliphatic rings. The number of unbranched alkanes of at least 4 members (excludes halogenated alkanes) is 4. The molecule has 1 aromatic carbocycles. The number of hydrogen-bond acceptors (Lipinski definition) is 7. The number of benzene rings is 1. The van der Waals surface area contributed by atoms with Crippen LogP contribution in [0.5, 0.6) is 0 Å². The Morgan fingerprint density at radius 3 is 2.58 bits per heavy atom. The van der Waals surface area contributed by atoms with E-state index in [1.807, 2.05) is 38.1 Å². The monoisotopic (exact) mass is 492 g/mol. The number of thioether (sulfide) groups is 1. The first-order valence-corrected chi connectivity index (χ1v) is 13.6. The number of thiazole rings is 1. The predicted octanol–water partition coefficient (Wildman–Crippen LogP) is 6.61. The van der Waals surface area contributed by atoms with Crippen LogP contribution in [0.3, 0.4) is 0 Å².